The van der Waals surface area contributed by atoms with E-state index in [-0.39, 0.29) is 17.1 Å². The Morgan fingerprint density at radius 1 is 1.28 bits per heavy atom. The molecule has 0 radical (unpaired) electrons. The number of ether oxygens (including phenoxy) is 2. The van der Waals surface area contributed by atoms with Crippen LogP contribution < -0.4 is 9.46 Å². The summed E-state index contributed by atoms with van der Waals surface area (Å²) >= 11 is 0. The number of carboxylic acid groups (broad SMARTS) is 1. The van der Waals surface area contributed by atoms with Crippen LogP contribution in [0, 0.1) is 0 Å². The van der Waals surface area contributed by atoms with Crippen LogP contribution in [0.5, 0.6) is 5.75 Å². The van der Waals surface area contributed by atoms with Gasteiger partial charge in [0.25, 0.3) is 5.97 Å². The van der Waals surface area contributed by atoms with Crippen LogP contribution in [-0.2, 0) is 19.6 Å². The maximum atomic E-state index is 12.6. The number of sulfonamides is 1. The predicted octanol–water partition coefficient (Wildman–Crippen LogP) is 2.56. The van der Waals surface area contributed by atoms with Gasteiger partial charge in [-0.3, -0.25) is 9.69 Å². The summed E-state index contributed by atoms with van der Waals surface area (Å²) in [6.07, 6.45) is 2.99. The number of benzene rings is 1. The number of aliphatic carboxylic acids is 1. The number of morpholine rings is 1. The zero-order chi connectivity index (χ0) is 23.7. The summed E-state index contributed by atoms with van der Waals surface area (Å²) in [4.78, 5) is 14.6. The minimum Gasteiger partial charge on any atom is -0.496 e. The minimum atomic E-state index is -3.59. The van der Waals surface area contributed by atoms with E-state index in [4.69, 9.17) is 19.4 Å². The summed E-state index contributed by atoms with van der Waals surface area (Å²) in [6.45, 7) is 8.22. The second-order valence-corrected chi connectivity index (χ2v) is 9.50. The van der Waals surface area contributed by atoms with E-state index in [9.17, 15) is 8.42 Å². The summed E-state index contributed by atoms with van der Waals surface area (Å²) in [7, 11) is -2.05. The molecule has 2 atom stereocenters. The highest BCUT2D eigenvalue weighted by Crippen LogP contribution is 2.31. The number of nitrogens with zero attached hydrogens (tertiary/aromatic N) is 1. The Hall–Kier alpha value is -2.40. The third kappa shape index (κ3) is 7.94. The fourth-order valence-corrected chi connectivity index (χ4v) is 4.71. The van der Waals surface area contributed by atoms with Crippen LogP contribution in [0.25, 0.3) is 11.3 Å². The van der Waals surface area contributed by atoms with Crippen LogP contribution >= 0.6 is 0 Å². The monoisotopic (exact) mass is 467 g/mol. The van der Waals surface area contributed by atoms with Crippen molar-refractivity contribution in [2.24, 2.45) is 0 Å². The first kappa shape index (κ1) is 25.9. The van der Waals surface area contributed by atoms with Crippen molar-refractivity contribution in [1.29, 1.82) is 0 Å². The molecule has 0 spiro atoms. The molecule has 1 saturated heterocycles. The summed E-state index contributed by atoms with van der Waals surface area (Å²) in [5, 5.41) is 7.42. The van der Waals surface area contributed by atoms with Crippen molar-refractivity contribution < 1.29 is 27.8 Å². The molecular formula is C22H33N3O6S. The quantitative estimate of drug-likeness (QED) is 0.510. The Morgan fingerprint density at radius 3 is 2.50 bits per heavy atom. The van der Waals surface area contributed by atoms with Crippen LogP contribution in [0.3, 0.4) is 0 Å². The number of hydrogen-bond donors (Lipinski definition) is 3. The smallest absolute Gasteiger partial charge is 0.300 e. The molecule has 10 heteroatoms. The number of aromatic nitrogens is 1. The molecule has 1 aliphatic heterocycles. The first-order valence-electron chi connectivity index (χ1n) is 10.5. The summed E-state index contributed by atoms with van der Waals surface area (Å²) in [5.41, 5.74) is 1.70. The molecule has 0 amide bonds. The molecule has 1 aromatic heterocycles. The number of aromatic amines is 1. The average Bonchev–Trinajstić information content (AvgIpc) is 3.24. The van der Waals surface area contributed by atoms with Gasteiger partial charge in [-0.2, -0.15) is 0 Å². The van der Waals surface area contributed by atoms with Gasteiger partial charge in [0, 0.05) is 50.1 Å². The lowest BCUT2D eigenvalue weighted by Crippen LogP contribution is -2.46. The Morgan fingerprint density at radius 2 is 1.94 bits per heavy atom. The lowest BCUT2D eigenvalue weighted by molar-refractivity contribution is -0.134. The normalized spacial score (nSPS) is 19.1. The van der Waals surface area contributed by atoms with Gasteiger partial charge in [-0.15, -0.1) is 0 Å². The minimum absolute atomic E-state index is 0.202. The first-order chi connectivity index (χ1) is 15.1. The molecule has 0 unspecified atom stereocenters. The second kappa shape index (κ2) is 12.0. The topological polar surface area (TPSA) is 121 Å². The van der Waals surface area contributed by atoms with E-state index in [0.717, 1.165) is 44.2 Å². The van der Waals surface area contributed by atoms with Gasteiger partial charge in [-0.25, -0.2) is 13.1 Å². The van der Waals surface area contributed by atoms with E-state index in [1.807, 2.05) is 18.3 Å². The average molecular weight is 468 g/mol. The summed E-state index contributed by atoms with van der Waals surface area (Å²) in [5.74, 6) is -0.318. The molecule has 178 valence electrons. The lowest BCUT2D eigenvalue weighted by atomic mass is 10.1. The van der Waals surface area contributed by atoms with Gasteiger partial charge < -0.3 is 19.6 Å². The van der Waals surface area contributed by atoms with Crippen molar-refractivity contribution in [2.45, 2.75) is 44.3 Å². The van der Waals surface area contributed by atoms with Crippen molar-refractivity contribution in [3.8, 4) is 17.0 Å². The van der Waals surface area contributed by atoms with Gasteiger partial charge in [0.1, 0.15) is 5.75 Å². The fraction of sp³-hybridized carbons (Fsp3) is 0.500. The van der Waals surface area contributed by atoms with Gasteiger partial charge in [0.2, 0.25) is 10.0 Å². The van der Waals surface area contributed by atoms with Crippen LogP contribution in [-0.4, -0.2) is 74.9 Å². The molecule has 2 heterocycles. The van der Waals surface area contributed by atoms with Crippen LogP contribution in [0.4, 0.5) is 0 Å². The first-order valence-corrected chi connectivity index (χ1v) is 12.0. The third-order valence-corrected chi connectivity index (χ3v) is 6.27. The Bertz CT molecular complexity index is 948. The van der Waals surface area contributed by atoms with Gasteiger partial charge in [-0.1, -0.05) is 0 Å². The predicted molar refractivity (Wildman–Crippen MR) is 122 cm³/mol. The SMILES string of the molecule is CC(=O)O.COc1cc(S(=O)(=O)NCCCN2C[C@@H](C)O[C@@H](C)C2)ccc1-c1ccc[nH]1. The Labute approximate surface area is 189 Å². The lowest BCUT2D eigenvalue weighted by Gasteiger charge is -2.35. The van der Waals surface area contributed by atoms with E-state index < -0.39 is 16.0 Å². The molecule has 1 aliphatic rings. The van der Waals surface area contributed by atoms with Crippen molar-refractivity contribution >= 4 is 16.0 Å². The van der Waals surface area contributed by atoms with E-state index in [1.54, 1.807) is 18.2 Å². The number of carbonyl (C=O) groups is 1. The van der Waals surface area contributed by atoms with E-state index in [2.05, 4.69) is 28.5 Å². The number of nitrogens with one attached hydrogen (secondary N) is 2. The third-order valence-electron chi connectivity index (χ3n) is 4.81. The fourth-order valence-electron chi connectivity index (χ4n) is 3.62. The van der Waals surface area contributed by atoms with Crippen LogP contribution in [0.1, 0.15) is 27.2 Å². The van der Waals surface area contributed by atoms with E-state index in [0.29, 0.717) is 12.3 Å². The van der Waals surface area contributed by atoms with Gasteiger partial charge in [0.05, 0.1) is 24.2 Å². The molecule has 9 nitrogen and oxygen atoms in total. The summed E-state index contributed by atoms with van der Waals surface area (Å²) in [6, 6.07) is 8.72. The molecule has 3 N–H and O–H groups in total. The van der Waals surface area contributed by atoms with Gasteiger partial charge in [0.15, 0.2) is 0 Å². The van der Waals surface area contributed by atoms with Crippen molar-refractivity contribution in [3.05, 3.63) is 36.5 Å². The maximum Gasteiger partial charge on any atom is 0.300 e. The second-order valence-electron chi connectivity index (χ2n) is 7.73. The number of rotatable bonds is 8. The standard InChI is InChI=1S/C20H29N3O4S.C2H4O2/c1-15-13-23(14-16(2)27-15)11-5-10-22-28(24,25)17-7-8-18(20(12-17)26-3)19-6-4-9-21-19;1-2(3)4/h4,6-9,12,15-16,21-22H,5,10-11,13-14H2,1-3H3;1H3,(H,3,4)/t15-,16+;. The molecule has 0 bridgehead atoms. The number of H-pyrrole nitrogens is 1. The largest absolute Gasteiger partial charge is 0.496 e. The van der Waals surface area contributed by atoms with Crippen LogP contribution in [0.15, 0.2) is 41.4 Å². The van der Waals surface area contributed by atoms with Crippen molar-refractivity contribution in [2.75, 3.05) is 33.3 Å². The Kier molecular flexibility index (Phi) is 9.70. The highest BCUT2D eigenvalue weighted by atomic mass is 32.2. The van der Waals surface area contributed by atoms with Gasteiger partial charge in [-0.05, 0) is 51.1 Å². The molecule has 1 aromatic carbocycles. The van der Waals surface area contributed by atoms with Crippen molar-refractivity contribution in [1.82, 2.24) is 14.6 Å². The molecular weight excluding hydrogens is 434 g/mol. The number of hydrogen-bond acceptors (Lipinski definition) is 6. The number of methoxy groups -OCH3 is 1. The molecule has 3 rings (SSSR count). The van der Waals surface area contributed by atoms with Crippen molar-refractivity contribution in [3.63, 3.8) is 0 Å². The van der Waals surface area contributed by atoms with Gasteiger partial charge >= 0.3 is 0 Å². The zero-order valence-electron chi connectivity index (χ0n) is 19.0. The highest BCUT2D eigenvalue weighted by Gasteiger charge is 2.22. The van der Waals surface area contributed by atoms with Crippen LogP contribution in [0.2, 0.25) is 0 Å². The number of carboxylic acids is 1. The summed E-state index contributed by atoms with van der Waals surface area (Å²) < 4.78 is 39.1. The molecule has 0 saturated carbocycles. The molecule has 1 fully saturated rings. The Balaban J connectivity index is 0.000000837. The zero-order valence-corrected chi connectivity index (χ0v) is 19.8. The van der Waals surface area contributed by atoms with E-state index in [1.165, 1.54) is 7.11 Å². The molecule has 0 aliphatic carbocycles. The molecule has 32 heavy (non-hydrogen) atoms. The molecule has 2 aromatic rings. The van der Waals surface area contributed by atoms with E-state index >= 15 is 0 Å². The highest BCUT2D eigenvalue weighted by molar-refractivity contribution is 7.89. The maximum absolute atomic E-state index is 12.6.